The fourth-order valence-electron chi connectivity index (χ4n) is 4.59. The van der Waals surface area contributed by atoms with Crippen molar-refractivity contribution in [1.82, 2.24) is 15.6 Å². The van der Waals surface area contributed by atoms with Gasteiger partial charge < -0.3 is 5.32 Å². The second kappa shape index (κ2) is 6.38. The number of amides is 1. The Kier molecular flexibility index (Phi) is 4.08. The van der Waals surface area contributed by atoms with E-state index in [0.717, 1.165) is 0 Å². The molecule has 0 radical (unpaired) electrons. The van der Waals surface area contributed by atoms with Crippen LogP contribution in [0.3, 0.4) is 0 Å². The molecular weight excluding hydrogens is 302 g/mol. The molecule has 1 amide bonds. The van der Waals surface area contributed by atoms with Crippen molar-refractivity contribution in [3.05, 3.63) is 47.3 Å². The number of aromatic nitrogens is 2. The largest absolute Gasteiger partial charge is 0.352 e. The standard InChI is InChI=1S/C19H23N3O2/c1-12-16(22-24-21-12)11-17(23)20-19-15-10-6-5-9-14(15)18(19)13-7-3-2-4-8-13/h2-4,7-8,14-15,18-19H,5-6,9-11H2,1H3,(H,20,23)/t14?,15?,18-,19-/m0/s1. The van der Waals surface area contributed by atoms with Crippen LogP contribution in [0.4, 0.5) is 0 Å². The quantitative estimate of drug-likeness (QED) is 0.938. The monoisotopic (exact) mass is 325 g/mol. The Morgan fingerprint density at radius 2 is 1.92 bits per heavy atom. The molecule has 4 atom stereocenters. The molecule has 2 aromatic rings. The van der Waals surface area contributed by atoms with Crippen LogP contribution in [0.2, 0.25) is 0 Å². The molecular formula is C19H23N3O2. The molecule has 126 valence electrons. The molecule has 2 saturated carbocycles. The molecule has 0 spiro atoms. The Morgan fingerprint density at radius 3 is 2.62 bits per heavy atom. The molecule has 0 saturated heterocycles. The third-order valence-electron chi connectivity index (χ3n) is 5.77. The molecule has 1 aromatic carbocycles. The Morgan fingerprint density at radius 1 is 1.17 bits per heavy atom. The van der Waals surface area contributed by atoms with Gasteiger partial charge in [-0.1, -0.05) is 53.5 Å². The van der Waals surface area contributed by atoms with Crippen LogP contribution in [-0.2, 0) is 11.2 Å². The number of benzene rings is 1. The van der Waals surface area contributed by atoms with Crippen LogP contribution in [0, 0.1) is 18.8 Å². The zero-order valence-corrected chi connectivity index (χ0v) is 13.9. The topological polar surface area (TPSA) is 68.0 Å². The molecule has 2 unspecified atom stereocenters. The highest BCUT2D eigenvalue weighted by Crippen LogP contribution is 2.54. The summed E-state index contributed by atoms with van der Waals surface area (Å²) in [5, 5.41) is 10.8. The van der Waals surface area contributed by atoms with Gasteiger partial charge >= 0.3 is 0 Å². The summed E-state index contributed by atoms with van der Waals surface area (Å²) < 4.78 is 4.69. The Hall–Kier alpha value is -2.17. The van der Waals surface area contributed by atoms with Crippen molar-refractivity contribution in [2.75, 3.05) is 0 Å². The zero-order chi connectivity index (χ0) is 16.5. The van der Waals surface area contributed by atoms with Crippen molar-refractivity contribution >= 4 is 5.91 Å². The highest BCUT2D eigenvalue weighted by molar-refractivity contribution is 5.79. The van der Waals surface area contributed by atoms with Gasteiger partial charge in [-0.3, -0.25) is 4.79 Å². The highest BCUT2D eigenvalue weighted by atomic mass is 16.6. The normalized spacial score (nSPS) is 28.7. The maximum Gasteiger partial charge on any atom is 0.226 e. The number of aryl methyl sites for hydroxylation is 1. The summed E-state index contributed by atoms with van der Waals surface area (Å²) in [4.78, 5) is 12.5. The highest BCUT2D eigenvalue weighted by Gasteiger charge is 2.51. The van der Waals surface area contributed by atoms with E-state index in [1.54, 1.807) is 0 Å². The summed E-state index contributed by atoms with van der Waals surface area (Å²) in [6.45, 7) is 1.81. The molecule has 24 heavy (non-hydrogen) atoms. The average Bonchev–Trinajstić information content (AvgIpc) is 2.99. The van der Waals surface area contributed by atoms with Gasteiger partial charge in [0.1, 0.15) is 11.4 Å². The van der Waals surface area contributed by atoms with E-state index in [0.29, 0.717) is 29.1 Å². The van der Waals surface area contributed by atoms with Gasteiger partial charge in [0.15, 0.2) is 0 Å². The summed E-state index contributed by atoms with van der Waals surface area (Å²) in [5.41, 5.74) is 2.67. The average molecular weight is 325 g/mol. The molecule has 0 aliphatic heterocycles. The van der Waals surface area contributed by atoms with Crippen LogP contribution in [0.25, 0.3) is 0 Å². The maximum atomic E-state index is 12.5. The molecule has 0 bridgehead atoms. The summed E-state index contributed by atoms with van der Waals surface area (Å²) in [5.74, 6) is 1.78. The van der Waals surface area contributed by atoms with E-state index in [1.807, 2.05) is 6.92 Å². The van der Waals surface area contributed by atoms with Gasteiger partial charge in [-0.25, -0.2) is 4.63 Å². The Labute approximate surface area is 141 Å². The van der Waals surface area contributed by atoms with E-state index >= 15 is 0 Å². The van der Waals surface area contributed by atoms with Gasteiger partial charge in [0.05, 0.1) is 6.42 Å². The summed E-state index contributed by atoms with van der Waals surface area (Å²) in [6.07, 6.45) is 5.34. The number of rotatable bonds is 4. The summed E-state index contributed by atoms with van der Waals surface area (Å²) >= 11 is 0. The van der Waals surface area contributed by atoms with Crippen molar-refractivity contribution in [2.45, 2.75) is 51.0 Å². The van der Waals surface area contributed by atoms with Crippen LogP contribution >= 0.6 is 0 Å². The van der Waals surface area contributed by atoms with E-state index in [2.05, 4.69) is 50.6 Å². The van der Waals surface area contributed by atoms with Gasteiger partial charge in [0.25, 0.3) is 0 Å². The van der Waals surface area contributed by atoms with E-state index in [1.165, 1.54) is 31.2 Å². The molecule has 1 aromatic heterocycles. The minimum Gasteiger partial charge on any atom is -0.352 e. The Balaban J connectivity index is 1.49. The molecule has 2 aliphatic rings. The fraction of sp³-hybridized carbons (Fsp3) is 0.526. The van der Waals surface area contributed by atoms with Crippen molar-refractivity contribution < 1.29 is 9.42 Å². The van der Waals surface area contributed by atoms with Crippen molar-refractivity contribution in [3.8, 4) is 0 Å². The van der Waals surface area contributed by atoms with Crippen molar-refractivity contribution in [3.63, 3.8) is 0 Å². The number of nitrogens with one attached hydrogen (secondary N) is 1. The van der Waals surface area contributed by atoms with Gasteiger partial charge in [-0.2, -0.15) is 0 Å². The van der Waals surface area contributed by atoms with E-state index in [4.69, 9.17) is 0 Å². The number of hydrogen-bond acceptors (Lipinski definition) is 4. The van der Waals surface area contributed by atoms with Gasteiger partial charge in [0.2, 0.25) is 5.91 Å². The number of carbonyl (C=O) groups is 1. The van der Waals surface area contributed by atoms with Crippen molar-refractivity contribution in [1.29, 1.82) is 0 Å². The SMILES string of the molecule is Cc1nonc1CC(=O)N[C@H]1C2CCCCC2[C@@H]1c1ccccc1. The third-order valence-corrected chi connectivity index (χ3v) is 5.77. The van der Waals surface area contributed by atoms with Crippen molar-refractivity contribution in [2.24, 2.45) is 11.8 Å². The molecule has 1 heterocycles. The molecule has 5 heteroatoms. The summed E-state index contributed by atoms with van der Waals surface area (Å²) in [6, 6.07) is 10.9. The minimum atomic E-state index is 0.0174. The first-order valence-corrected chi connectivity index (χ1v) is 8.86. The van der Waals surface area contributed by atoms with E-state index in [-0.39, 0.29) is 18.4 Å². The first-order chi connectivity index (χ1) is 11.7. The van der Waals surface area contributed by atoms with Gasteiger partial charge in [0, 0.05) is 12.0 Å². The predicted molar refractivity (Wildman–Crippen MR) is 89.3 cm³/mol. The van der Waals surface area contributed by atoms with Gasteiger partial charge in [-0.15, -0.1) is 0 Å². The number of nitrogens with zero attached hydrogens (tertiary/aromatic N) is 2. The van der Waals surface area contributed by atoms with Crippen LogP contribution < -0.4 is 5.32 Å². The Bertz CT molecular complexity index is 712. The maximum absolute atomic E-state index is 12.5. The number of hydrogen-bond donors (Lipinski definition) is 1. The lowest BCUT2D eigenvalue weighted by molar-refractivity contribution is -0.124. The van der Waals surface area contributed by atoms with Gasteiger partial charge in [-0.05, 0) is 37.2 Å². The lowest BCUT2D eigenvalue weighted by atomic mass is 9.53. The third kappa shape index (κ3) is 2.72. The molecule has 2 aliphatic carbocycles. The van der Waals surface area contributed by atoms with Crippen LogP contribution in [0.15, 0.2) is 35.0 Å². The fourth-order valence-corrected chi connectivity index (χ4v) is 4.59. The van der Waals surface area contributed by atoms with Crippen LogP contribution in [0.1, 0.15) is 48.6 Å². The lowest BCUT2D eigenvalue weighted by Gasteiger charge is -2.55. The first kappa shape index (κ1) is 15.4. The number of carbonyl (C=O) groups excluding carboxylic acids is 1. The first-order valence-electron chi connectivity index (χ1n) is 8.86. The lowest BCUT2D eigenvalue weighted by Crippen LogP contribution is -2.59. The molecule has 5 nitrogen and oxygen atoms in total. The molecule has 2 fully saturated rings. The minimum absolute atomic E-state index is 0.0174. The van der Waals surface area contributed by atoms with Crippen LogP contribution in [0.5, 0.6) is 0 Å². The second-order valence-corrected chi connectivity index (χ2v) is 7.12. The smallest absolute Gasteiger partial charge is 0.226 e. The summed E-state index contributed by atoms with van der Waals surface area (Å²) in [7, 11) is 0. The van der Waals surface area contributed by atoms with E-state index in [9.17, 15) is 4.79 Å². The molecule has 1 N–H and O–H groups in total. The number of fused-ring (bicyclic) bond motifs is 1. The van der Waals surface area contributed by atoms with E-state index < -0.39 is 0 Å². The second-order valence-electron chi connectivity index (χ2n) is 7.12. The van der Waals surface area contributed by atoms with Crippen LogP contribution in [-0.4, -0.2) is 22.3 Å². The predicted octanol–water partition coefficient (Wildman–Crippen LogP) is 3.01. The molecule has 4 rings (SSSR count). The zero-order valence-electron chi connectivity index (χ0n) is 13.9.